The summed E-state index contributed by atoms with van der Waals surface area (Å²) in [6.45, 7) is 2.57. The molecule has 1 amide bonds. The third kappa shape index (κ3) is 7.50. The van der Waals surface area contributed by atoms with Gasteiger partial charge in [-0.3, -0.25) is 4.79 Å². The molecule has 5 N–H and O–H groups in total. The average Bonchev–Trinajstić information content (AvgIpc) is 2.03. The second-order valence-electron chi connectivity index (χ2n) is 2.86. The maximum Gasteiger partial charge on any atom is 0.219 e. The molecule has 0 saturated heterocycles. The Labute approximate surface area is 73.7 Å². The Bertz CT molecular complexity index is 125. The summed E-state index contributed by atoms with van der Waals surface area (Å²) in [6, 6.07) is 0. The van der Waals surface area contributed by atoms with Crippen molar-refractivity contribution in [3.63, 3.8) is 0 Å². The maximum atomic E-state index is 10.7. The summed E-state index contributed by atoms with van der Waals surface area (Å²) < 4.78 is 0. The highest BCUT2D eigenvalue weighted by Gasteiger charge is 1.96. The SMILES string of the molecule is CCC(=O)NCCCCC(N)N. The van der Waals surface area contributed by atoms with Gasteiger partial charge in [0, 0.05) is 13.0 Å². The summed E-state index contributed by atoms with van der Waals surface area (Å²) in [6.07, 6.45) is 3.09. The van der Waals surface area contributed by atoms with Crippen LogP contribution in [0.4, 0.5) is 0 Å². The number of nitrogens with one attached hydrogen (secondary N) is 1. The Balaban J connectivity index is 3.05. The minimum absolute atomic E-state index is 0.104. The minimum Gasteiger partial charge on any atom is -0.356 e. The monoisotopic (exact) mass is 173 g/mol. The van der Waals surface area contributed by atoms with Crippen molar-refractivity contribution in [3.8, 4) is 0 Å². The zero-order valence-electron chi connectivity index (χ0n) is 7.68. The van der Waals surface area contributed by atoms with Crippen LogP contribution in [0.1, 0.15) is 32.6 Å². The third-order valence-electron chi connectivity index (χ3n) is 1.61. The molecular weight excluding hydrogens is 154 g/mol. The van der Waals surface area contributed by atoms with Crippen molar-refractivity contribution in [2.75, 3.05) is 6.54 Å². The molecular formula is C8H19N3O. The van der Waals surface area contributed by atoms with Gasteiger partial charge in [0.1, 0.15) is 0 Å². The van der Waals surface area contributed by atoms with E-state index in [-0.39, 0.29) is 12.1 Å². The number of nitrogens with two attached hydrogens (primary N) is 2. The number of unbranched alkanes of at least 4 members (excludes halogenated alkanes) is 1. The van der Waals surface area contributed by atoms with Crippen LogP contribution >= 0.6 is 0 Å². The summed E-state index contributed by atoms with van der Waals surface area (Å²) in [5.41, 5.74) is 10.7. The van der Waals surface area contributed by atoms with E-state index in [1.54, 1.807) is 0 Å². The molecule has 0 radical (unpaired) electrons. The van der Waals surface area contributed by atoms with Gasteiger partial charge in [-0.1, -0.05) is 6.92 Å². The molecule has 0 aliphatic rings. The van der Waals surface area contributed by atoms with Crippen molar-refractivity contribution >= 4 is 5.91 Å². The quantitative estimate of drug-likeness (QED) is 0.388. The van der Waals surface area contributed by atoms with E-state index in [1.165, 1.54) is 0 Å². The smallest absolute Gasteiger partial charge is 0.219 e. The highest BCUT2D eigenvalue weighted by Crippen LogP contribution is 1.93. The molecule has 0 aromatic heterocycles. The third-order valence-corrected chi connectivity index (χ3v) is 1.61. The van der Waals surface area contributed by atoms with Crippen LogP contribution in [-0.2, 0) is 4.79 Å². The first-order valence-electron chi connectivity index (χ1n) is 4.44. The number of hydrogen-bond acceptors (Lipinski definition) is 3. The minimum atomic E-state index is -0.216. The highest BCUT2D eigenvalue weighted by atomic mass is 16.1. The molecule has 0 unspecified atom stereocenters. The molecule has 0 bridgehead atoms. The second kappa shape index (κ2) is 7.06. The zero-order valence-corrected chi connectivity index (χ0v) is 7.68. The van der Waals surface area contributed by atoms with Crippen molar-refractivity contribution in [2.45, 2.75) is 38.8 Å². The second-order valence-corrected chi connectivity index (χ2v) is 2.86. The van der Waals surface area contributed by atoms with Crippen molar-refractivity contribution in [3.05, 3.63) is 0 Å². The molecule has 0 aromatic carbocycles. The summed E-state index contributed by atoms with van der Waals surface area (Å²) in [7, 11) is 0. The van der Waals surface area contributed by atoms with Crippen LogP contribution in [-0.4, -0.2) is 18.6 Å². The summed E-state index contributed by atoms with van der Waals surface area (Å²) in [5, 5.41) is 2.79. The van der Waals surface area contributed by atoms with Gasteiger partial charge in [-0.15, -0.1) is 0 Å². The first-order chi connectivity index (χ1) is 5.66. The highest BCUT2D eigenvalue weighted by molar-refractivity contribution is 5.75. The lowest BCUT2D eigenvalue weighted by atomic mass is 10.2. The first-order valence-corrected chi connectivity index (χ1v) is 4.44. The molecule has 0 aliphatic carbocycles. The van der Waals surface area contributed by atoms with Crippen LogP contribution < -0.4 is 16.8 Å². The molecule has 12 heavy (non-hydrogen) atoms. The van der Waals surface area contributed by atoms with Gasteiger partial charge in [0.2, 0.25) is 5.91 Å². The van der Waals surface area contributed by atoms with E-state index in [2.05, 4.69) is 5.32 Å². The summed E-state index contributed by atoms with van der Waals surface area (Å²) in [4.78, 5) is 10.7. The molecule has 0 aromatic rings. The number of carbonyl (C=O) groups is 1. The molecule has 0 spiro atoms. The van der Waals surface area contributed by atoms with Gasteiger partial charge in [-0.2, -0.15) is 0 Å². The lowest BCUT2D eigenvalue weighted by Gasteiger charge is -2.05. The van der Waals surface area contributed by atoms with Crippen molar-refractivity contribution in [2.24, 2.45) is 11.5 Å². The van der Waals surface area contributed by atoms with Gasteiger partial charge in [0.15, 0.2) is 0 Å². The Kier molecular flexibility index (Phi) is 6.70. The van der Waals surface area contributed by atoms with Crippen LogP contribution in [0.2, 0.25) is 0 Å². The molecule has 0 saturated carbocycles. The Morgan fingerprint density at radius 1 is 1.42 bits per heavy atom. The topological polar surface area (TPSA) is 81.1 Å². The van der Waals surface area contributed by atoms with Gasteiger partial charge in [-0.05, 0) is 19.3 Å². The Morgan fingerprint density at radius 2 is 2.08 bits per heavy atom. The predicted molar refractivity (Wildman–Crippen MR) is 49.3 cm³/mol. The number of rotatable bonds is 6. The number of hydrogen-bond donors (Lipinski definition) is 3. The maximum absolute atomic E-state index is 10.7. The van der Waals surface area contributed by atoms with Gasteiger partial charge >= 0.3 is 0 Å². The van der Waals surface area contributed by atoms with E-state index < -0.39 is 0 Å². The Morgan fingerprint density at radius 3 is 2.58 bits per heavy atom. The summed E-state index contributed by atoms with van der Waals surface area (Å²) >= 11 is 0. The van der Waals surface area contributed by atoms with Gasteiger partial charge < -0.3 is 16.8 Å². The van der Waals surface area contributed by atoms with Crippen molar-refractivity contribution in [1.82, 2.24) is 5.32 Å². The van der Waals surface area contributed by atoms with E-state index in [4.69, 9.17) is 11.5 Å². The van der Waals surface area contributed by atoms with Crippen LogP contribution in [0.3, 0.4) is 0 Å². The van der Waals surface area contributed by atoms with Crippen molar-refractivity contribution < 1.29 is 4.79 Å². The van der Waals surface area contributed by atoms with Crippen LogP contribution in [0.15, 0.2) is 0 Å². The molecule has 0 fully saturated rings. The molecule has 4 heteroatoms. The van der Waals surface area contributed by atoms with E-state index in [0.29, 0.717) is 6.42 Å². The lowest BCUT2D eigenvalue weighted by molar-refractivity contribution is -0.120. The van der Waals surface area contributed by atoms with Crippen LogP contribution in [0, 0.1) is 0 Å². The molecule has 72 valence electrons. The van der Waals surface area contributed by atoms with E-state index in [0.717, 1.165) is 25.8 Å². The number of carbonyl (C=O) groups excluding carboxylic acids is 1. The van der Waals surface area contributed by atoms with Gasteiger partial charge in [0.05, 0.1) is 6.17 Å². The van der Waals surface area contributed by atoms with E-state index in [9.17, 15) is 4.79 Å². The first kappa shape index (κ1) is 11.4. The molecule has 0 rings (SSSR count). The standard InChI is InChI=1S/C8H19N3O/c1-2-8(12)11-6-4-3-5-7(9)10/h7H,2-6,9-10H2,1H3,(H,11,12). The molecule has 0 atom stereocenters. The summed E-state index contributed by atoms with van der Waals surface area (Å²) in [5.74, 6) is 0.104. The van der Waals surface area contributed by atoms with Crippen LogP contribution in [0.25, 0.3) is 0 Å². The number of amides is 1. The van der Waals surface area contributed by atoms with Gasteiger partial charge in [0.25, 0.3) is 0 Å². The normalized spacial score (nSPS) is 10.3. The fourth-order valence-corrected chi connectivity index (χ4v) is 0.858. The van der Waals surface area contributed by atoms with E-state index >= 15 is 0 Å². The molecule has 4 nitrogen and oxygen atoms in total. The fourth-order valence-electron chi connectivity index (χ4n) is 0.858. The van der Waals surface area contributed by atoms with E-state index in [1.807, 2.05) is 6.92 Å². The fraction of sp³-hybridized carbons (Fsp3) is 0.875. The Hall–Kier alpha value is -0.610. The van der Waals surface area contributed by atoms with Gasteiger partial charge in [-0.25, -0.2) is 0 Å². The van der Waals surface area contributed by atoms with Crippen molar-refractivity contribution in [1.29, 1.82) is 0 Å². The average molecular weight is 173 g/mol. The molecule has 0 heterocycles. The molecule has 0 aliphatic heterocycles. The lowest BCUT2D eigenvalue weighted by Crippen LogP contribution is -2.30. The largest absolute Gasteiger partial charge is 0.356 e. The zero-order chi connectivity index (χ0) is 9.40. The van der Waals surface area contributed by atoms with Crippen LogP contribution in [0.5, 0.6) is 0 Å². The predicted octanol–water partition coefficient (Wildman–Crippen LogP) is -0.0736.